The molecule has 0 bridgehead atoms. The molecule has 2 aromatic rings. The smallest absolute Gasteiger partial charge is 0.251 e. The van der Waals surface area contributed by atoms with Crippen molar-refractivity contribution < 1.29 is 9.21 Å². The van der Waals surface area contributed by atoms with Crippen LogP contribution in [0.25, 0.3) is 0 Å². The SMILES string of the molecule is CN(Cc1ccco1)C1C(C#N)CCCC1CNC(=O)c1ccccc1. The number of nitriles is 1. The summed E-state index contributed by atoms with van der Waals surface area (Å²) >= 11 is 0. The Kier molecular flexibility index (Phi) is 6.08. The van der Waals surface area contributed by atoms with E-state index in [0.29, 0.717) is 18.7 Å². The molecule has 26 heavy (non-hydrogen) atoms. The molecule has 5 heteroatoms. The maximum absolute atomic E-state index is 12.4. The van der Waals surface area contributed by atoms with Gasteiger partial charge in [0.25, 0.3) is 5.91 Å². The van der Waals surface area contributed by atoms with Crippen LogP contribution < -0.4 is 5.32 Å². The van der Waals surface area contributed by atoms with Crippen molar-refractivity contribution in [1.29, 1.82) is 5.26 Å². The summed E-state index contributed by atoms with van der Waals surface area (Å²) in [5, 5.41) is 12.7. The topological polar surface area (TPSA) is 69.3 Å². The van der Waals surface area contributed by atoms with E-state index in [1.54, 1.807) is 6.26 Å². The average Bonchev–Trinajstić information content (AvgIpc) is 3.19. The van der Waals surface area contributed by atoms with Gasteiger partial charge >= 0.3 is 0 Å². The van der Waals surface area contributed by atoms with Crippen LogP contribution in [0.15, 0.2) is 53.1 Å². The van der Waals surface area contributed by atoms with Crippen molar-refractivity contribution in [2.24, 2.45) is 11.8 Å². The Morgan fingerprint density at radius 2 is 2.08 bits per heavy atom. The minimum Gasteiger partial charge on any atom is -0.468 e. The largest absolute Gasteiger partial charge is 0.468 e. The molecule has 1 saturated carbocycles. The van der Waals surface area contributed by atoms with Crippen LogP contribution >= 0.6 is 0 Å². The lowest BCUT2D eigenvalue weighted by molar-refractivity contribution is 0.0781. The highest BCUT2D eigenvalue weighted by Gasteiger charge is 2.36. The molecule has 1 fully saturated rings. The molecule has 1 aromatic heterocycles. The first-order chi connectivity index (χ1) is 12.7. The fraction of sp³-hybridized carbons (Fsp3) is 0.429. The maximum atomic E-state index is 12.4. The fourth-order valence-corrected chi connectivity index (χ4v) is 3.97. The summed E-state index contributed by atoms with van der Waals surface area (Å²) in [6.07, 6.45) is 4.62. The van der Waals surface area contributed by atoms with Crippen molar-refractivity contribution in [3.63, 3.8) is 0 Å². The number of hydrogen-bond acceptors (Lipinski definition) is 4. The van der Waals surface area contributed by atoms with Gasteiger partial charge in [0.15, 0.2) is 0 Å². The second-order valence-corrected chi connectivity index (χ2v) is 6.99. The Hall–Kier alpha value is -2.58. The zero-order valence-electron chi connectivity index (χ0n) is 15.1. The van der Waals surface area contributed by atoms with Gasteiger partial charge in [-0.05, 0) is 50.1 Å². The zero-order valence-corrected chi connectivity index (χ0v) is 15.1. The van der Waals surface area contributed by atoms with Gasteiger partial charge in [0.2, 0.25) is 0 Å². The normalized spacial score (nSPS) is 22.7. The number of carbonyl (C=O) groups is 1. The van der Waals surface area contributed by atoms with Crippen molar-refractivity contribution in [3.05, 3.63) is 60.1 Å². The standard InChI is InChI=1S/C21H25N3O2/c1-24(15-19-11-6-12-26-19)20-17(13-22)9-5-10-18(20)14-23-21(25)16-7-3-2-4-8-16/h2-4,6-8,11-12,17-18,20H,5,9-10,14-15H2,1H3,(H,23,25). The summed E-state index contributed by atoms with van der Waals surface area (Å²) in [6.45, 7) is 1.25. The third-order valence-corrected chi connectivity index (χ3v) is 5.21. The molecule has 136 valence electrons. The number of hydrogen-bond donors (Lipinski definition) is 1. The molecule has 1 aliphatic rings. The Balaban J connectivity index is 1.66. The molecule has 0 aliphatic heterocycles. The molecule has 0 radical (unpaired) electrons. The van der Waals surface area contributed by atoms with E-state index in [4.69, 9.17) is 4.42 Å². The number of benzene rings is 1. The molecule has 0 saturated heterocycles. The van der Waals surface area contributed by atoms with E-state index in [1.165, 1.54) is 0 Å². The van der Waals surface area contributed by atoms with Gasteiger partial charge in [-0.3, -0.25) is 9.69 Å². The summed E-state index contributed by atoms with van der Waals surface area (Å²) in [6, 6.07) is 15.7. The Morgan fingerprint density at radius 1 is 1.27 bits per heavy atom. The van der Waals surface area contributed by atoms with E-state index in [1.807, 2.05) is 49.5 Å². The van der Waals surface area contributed by atoms with E-state index in [9.17, 15) is 10.1 Å². The van der Waals surface area contributed by atoms with Gasteiger partial charge in [-0.1, -0.05) is 24.6 Å². The van der Waals surface area contributed by atoms with Gasteiger partial charge < -0.3 is 9.73 Å². The quantitative estimate of drug-likeness (QED) is 0.865. The lowest BCUT2D eigenvalue weighted by Gasteiger charge is -2.40. The van der Waals surface area contributed by atoms with Crippen LogP contribution in [0.2, 0.25) is 0 Å². The molecule has 1 N–H and O–H groups in total. The number of furan rings is 1. The summed E-state index contributed by atoms with van der Waals surface area (Å²) in [5.41, 5.74) is 0.667. The first-order valence-electron chi connectivity index (χ1n) is 9.14. The van der Waals surface area contributed by atoms with E-state index in [2.05, 4.69) is 16.3 Å². The van der Waals surface area contributed by atoms with Gasteiger partial charge in [0, 0.05) is 18.2 Å². The number of nitrogens with one attached hydrogen (secondary N) is 1. The zero-order chi connectivity index (χ0) is 18.4. The molecule has 3 unspecified atom stereocenters. The maximum Gasteiger partial charge on any atom is 0.251 e. The number of rotatable bonds is 6. The van der Waals surface area contributed by atoms with E-state index in [-0.39, 0.29) is 23.8 Å². The third kappa shape index (κ3) is 4.33. The molecule has 1 amide bonds. The summed E-state index contributed by atoms with van der Waals surface area (Å²) in [5.74, 6) is 1.06. The molecule has 3 rings (SSSR count). The minimum atomic E-state index is -0.0582. The highest BCUT2D eigenvalue weighted by Crippen LogP contribution is 2.33. The van der Waals surface area contributed by atoms with E-state index < -0.39 is 0 Å². The van der Waals surface area contributed by atoms with Crippen molar-refractivity contribution >= 4 is 5.91 Å². The lowest BCUT2D eigenvalue weighted by atomic mass is 9.76. The molecule has 3 atom stereocenters. The van der Waals surface area contributed by atoms with Gasteiger partial charge in [0.05, 0.1) is 24.8 Å². The Bertz CT molecular complexity index is 736. The molecule has 5 nitrogen and oxygen atoms in total. The summed E-state index contributed by atoms with van der Waals surface area (Å²) in [4.78, 5) is 14.6. The van der Waals surface area contributed by atoms with Gasteiger partial charge in [0.1, 0.15) is 5.76 Å². The van der Waals surface area contributed by atoms with Gasteiger partial charge in [-0.2, -0.15) is 5.26 Å². The highest BCUT2D eigenvalue weighted by molar-refractivity contribution is 5.94. The molecular formula is C21H25N3O2. The average molecular weight is 351 g/mol. The lowest BCUT2D eigenvalue weighted by Crippen LogP contribution is -2.49. The molecule has 1 heterocycles. The highest BCUT2D eigenvalue weighted by atomic mass is 16.3. The van der Waals surface area contributed by atoms with Crippen molar-refractivity contribution in [2.75, 3.05) is 13.6 Å². The van der Waals surface area contributed by atoms with Gasteiger partial charge in [-0.25, -0.2) is 0 Å². The summed E-state index contributed by atoms with van der Waals surface area (Å²) < 4.78 is 5.46. The van der Waals surface area contributed by atoms with Crippen LogP contribution in [0.3, 0.4) is 0 Å². The molecule has 1 aromatic carbocycles. The number of carbonyl (C=O) groups excluding carboxylic acids is 1. The van der Waals surface area contributed by atoms with E-state index >= 15 is 0 Å². The first kappa shape index (κ1) is 18.2. The number of nitrogens with zero attached hydrogens (tertiary/aromatic N) is 2. The predicted molar refractivity (Wildman–Crippen MR) is 99.2 cm³/mol. The number of amides is 1. The predicted octanol–water partition coefficient (Wildman–Crippen LogP) is 3.45. The summed E-state index contributed by atoms with van der Waals surface area (Å²) in [7, 11) is 2.04. The monoisotopic (exact) mass is 351 g/mol. The molecule has 0 spiro atoms. The Labute approximate surface area is 154 Å². The van der Waals surface area contributed by atoms with Gasteiger partial charge in [-0.15, -0.1) is 0 Å². The molecular weight excluding hydrogens is 326 g/mol. The fourth-order valence-electron chi connectivity index (χ4n) is 3.97. The van der Waals surface area contributed by atoms with Crippen LogP contribution in [0.4, 0.5) is 0 Å². The second kappa shape index (κ2) is 8.68. The van der Waals surface area contributed by atoms with Crippen LogP contribution in [0.5, 0.6) is 0 Å². The minimum absolute atomic E-state index is 0.0256. The molecule has 1 aliphatic carbocycles. The Morgan fingerprint density at radius 3 is 2.77 bits per heavy atom. The van der Waals surface area contributed by atoms with Crippen molar-refractivity contribution in [1.82, 2.24) is 10.2 Å². The van der Waals surface area contributed by atoms with Crippen LogP contribution in [0.1, 0.15) is 35.4 Å². The van der Waals surface area contributed by atoms with Crippen LogP contribution in [-0.4, -0.2) is 30.4 Å². The second-order valence-electron chi connectivity index (χ2n) is 6.99. The van der Waals surface area contributed by atoms with E-state index in [0.717, 1.165) is 25.0 Å². The first-order valence-corrected chi connectivity index (χ1v) is 9.14. The van der Waals surface area contributed by atoms with Crippen LogP contribution in [-0.2, 0) is 6.54 Å². The van der Waals surface area contributed by atoms with Crippen molar-refractivity contribution in [3.8, 4) is 6.07 Å². The van der Waals surface area contributed by atoms with Crippen molar-refractivity contribution in [2.45, 2.75) is 31.8 Å². The third-order valence-electron chi connectivity index (χ3n) is 5.21. The van der Waals surface area contributed by atoms with Crippen LogP contribution in [0, 0.1) is 23.2 Å².